The predicted octanol–water partition coefficient (Wildman–Crippen LogP) is 4.62. The lowest BCUT2D eigenvalue weighted by molar-refractivity contribution is -0.140. The molecule has 4 rings (SSSR count). The molecule has 3 atom stereocenters. The molecule has 3 fully saturated rings. The molecule has 1 saturated carbocycles. The summed E-state index contributed by atoms with van der Waals surface area (Å²) in [6, 6.07) is 4.04. The third kappa shape index (κ3) is 5.72. The summed E-state index contributed by atoms with van der Waals surface area (Å²) in [5, 5.41) is 3.72. The topological polar surface area (TPSA) is 61.9 Å². The largest absolute Gasteiger partial charge is 0.377 e. The molecular weight excluding hydrogens is 438 g/mol. The summed E-state index contributed by atoms with van der Waals surface area (Å²) in [6.45, 7) is 10.1. The summed E-state index contributed by atoms with van der Waals surface area (Å²) in [5.74, 6) is 0.368. The molecule has 1 aromatic carbocycles. The molecule has 7 heteroatoms. The maximum absolute atomic E-state index is 12.9. The van der Waals surface area contributed by atoms with E-state index in [-0.39, 0.29) is 29.9 Å². The molecule has 0 bridgehead atoms. The third-order valence-electron chi connectivity index (χ3n) is 7.77. The van der Waals surface area contributed by atoms with Crippen molar-refractivity contribution in [1.29, 1.82) is 0 Å². The molecule has 2 saturated heterocycles. The SMILES string of the molecule is Cc1c(CN2CCN(C(=O)C3CCCC3)C(C)C2)cc(Cl)cc1NC(=O)C(C)C1CCCO1. The van der Waals surface area contributed by atoms with E-state index in [2.05, 4.69) is 22.0 Å². The Hall–Kier alpha value is -1.63. The zero-order valence-corrected chi connectivity index (χ0v) is 21.0. The standard InChI is InChI=1S/C26H38ClN3O3/c1-17-15-29(10-11-30(17)26(32)20-7-4-5-8-20)16-21-13-22(27)14-23(18(21)2)28-25(31)19(3)24-9-6-12-33-24/h13-14,17,19-20,24H,4-12,15-16H2,1-3H3,(H,28,31). The van der Waals surface area contributed by atoms with Crippen molar-refractivity contribution < 1.29 is 14.3 Å². The van der Waals surface area contributed by atoms with Crippen LogP contribution in [0, 0.1) is 18.8 Å². The summed E-state index contributed by atoms with van der Waals surface area (Å²) < 4.78 is 5.70. The van der Waals surface area contributed by atoms with Crippen LogP contribution in [0.5, 0.6) is 0 Å². The van der Waals surface area contributed by atoms with Crippen LogP contribution in [0.3, 0.4) is 0 Å². The fourth-order valence-corrected chi connectivity index (χ4v) is 5.83. The molecule has 2 amide bonds. The quantitative estimate of drug-likeness (QED) is 0.651. The Morgan fingerprint density at radius 1 is 1.18 bits per heavy atom. The zero-order chi connectivity index (χ0) is 23.5. The van der Waals surface area contributed by atoms with Crippen molar-refractivity contribution in [3.63, 3.8) is 0 Å². The molecular formula is C26H38ClN3O3. The molecule has 6 nitrogen and oxygen atoms in total. The first kappa shape index (κ1) is 24.5. The minimum absolute atomic E-state index is 0.00585. The van der Waals surface area contributed by atoms with Crippen LogP contribution < -0.4 is 5.32 Å². The van der Waals surface area contributed by atoms with Gasteiger partial charge in [0.2, 0.25) is 11.8 Å². The second-order valence-corrected chi connectivity index (χ2v) is 10.6. The molecule has 33 heavy (non-hydrogen) atoms. The van der Waals surface area contributed by atoms with E-state index in [0.29, 0.717) is 10.9 Å². The molecule has 1 aliphatic carbocycles. The number of hydrogen-bond donors (Lipinski definition) is 1. The Morgan fingerprint density at radius 3 is 2.61 bits per heavy atom. The van der Waals surface area contributed by atoms with Gasteiger partial charge < -0.3 is 15.0 Å². The van der Waals surface area contributed by atoms with Crippen LogP contribution in [0.15, 0.2) is 12.1 Å². The summed E-state index contributed by atoms with van der Waals surface area (Å²) in [4.78, 5) is 30.2. The average molecular weight is 476 g/mol. The van der Waals surface area contributed by atoms with Crippen molar-refractivity contribution in [2.24, 2.45) is 11.8 Å². The molecule has 182 valence electrons. The van der Waals surface area contributed by atoms with Crippen LogP contribution in [0.1, 0.15) is 63.5 Å². The summed E-state index contributed by atoms with van der Waals surface area (Å²) >= 11 is 6.45. The molecule has 2 heterocycles. The van der Waals surface area contributed by atoms with Crippen molar-refractivity contribution >= 4 is 29.1 Å². The molecule has 0 aromatic heterocycles. The Labute approximate surface area is 203 Å². The van der Waals surface area contributed by atoms with Crippen LogP contribution in [0.25, 0.3) is 0 Å². The van der Waals surface area contributed by atoms with Gasteiger partial charge in [0.25, 0.3) is 0 Å². The van der Waals surface area contributed by atoms with Gasteiger partial charge in [-0.25, -0.2) is 0 Å². The minimum Gasteiger partial charge on any atom is -0.377 e. The number of hydrogen-bond acceptors (Lipinski definition) is 4. The van der Waals surface area contributed by atoms with E-state index in [1.54, 1.807) is 0 Å². The first-order chi connectivity index (χ1) is 15.8. The lowest BCUT2D eigenvalue weighted by atomic mass is 10.00. The van der Waals surface area contributed by atoms with E-state index < -0.39 is 0 Å². The fraction of sp³-hybridized carbons (Fsp3) is 0.692. The van der Waals surface area contributed by atoms with E-state index >= 15 is 0 Å². The molecule has 3 aliphatic rings. The summed E-state index contributed by atoms with van der Waals surface area (Å²) in [7, 11) is 0. The number of benzene rings is 1. The first-order valence-corrected chi connectivity index (χ1v) is 13.0. The zero-order valence-electron chi connectivity index (χ0n) is 20.2. The van der Waals surface area contributed by atoms with E-state index in [1.165, 1.54) is 12.8 Å². The molecule has 2 aliphatic heterocycles. The number of carbonyl (C=O) groups is 2. The van der Waals surface area contributed by atoms with E-state index in [0.717, 1.165) is 75.3 Å². The first-order valence-electron chi connectivity index (χ1n) is 12.6. The molecule has 1 aromatic rings. The number of ether oxygens (including phenoxy) is 1. The van der Waals surface area contributed by atoms with Gasteiger partial charge in [0.15, 0.2) is 0 Å². The van der Waals surface area contributed by atoms with Crippen molar-refractivity contribution in [3.05, 3.63) is 28.3 Å². The van der Waals surface area contributed by atoms with Crippen molar-refractivity contribution in [2.75, 3.05) is 31.6 Å². The monoisotopic (exact) mass is 475 g/mol. The highest BCUT2D eigenvalue weighted by atomic mass is 35.5. The van der Waals surface area contributed by atoms with Gasteiger partial charge >= 0.3 is 0 Å². The number of nitrogens with one attached hydrogen (secondary N) is 1. The number of amides is 2. The highest BCUT2D eigenvalue weighted by Gasteiger charge is 2.33. The van der Waals surface area contributed by atoms with Gasteiger partial charge in [-0.1, -0.05) is 31.4 Å². The van der Waals surface area contributed by atoms with Gasteiger partial charge in [0.1, 0.15) is 0 Å². The van der Waals surface area contributed by atoms with Crippen LogP contribution in [-0.4, -0.2) is 60.0 Å². The Morgan fingerprint density at radius 2 is 1.94 bits per heavy atom. The maximum atomic E-state index is 12.9. The number of nitrogens with zero attached hydrogens (tertiary/aromatic N) is 2. The molecule has 0 spiro atoms. The number of rotatable bonds is 6. The highest BCUT2D eigenvalue weighted by Crippen LogP contribution is 2.30. The van der Waals surface area contributed by atoms with Gasteiger partial charge in [-0.3, -0.25) is 14.5 Å². The fourth-order valence-electron chi connectivity index (χ4n) is 5.59. The van der Waals surface area contributed by atoms with Gasteiger partial charge in [0, 0.05) is 55.5 Å². The van der Waals surface area contributed by atoms with Gasteiger partial charge in [0.05, 0.1) is 12.0 Å². The number of anilines is 1. The number of piperazine rings is 1. The van der Waals surface area contributed by atoms with E-state index in [1.807, 2.05) is 26.0 Å². The molecule has 3 unspecified atom stereocenters. The van der Waals surface area contributed by atoms with Gasteiger partial charge in [-0.05, 0) is 62.8 Å². The second kappa shape index (κ2) is 10.7. The smallest absolute Gasteiger partial charge is 0.229 e. The van der Waals surface area contributed by atoms with E-state index in [4.69, 9.17) is 16.3 Å². The normalized spacial score (nSPS) is 25.4. The lowest BCUT2D eigenvalue weighted by Gasteiger charge is -2.41. The Kier molecular flexibility index (Phi) is 7.98. The van der Waals surface area contributed by atoms with Crippen molar-refractivity contribution in [1.82, 2.24) is 9.80 Å². The Balaban J connectivity index is 1.38. The van der Waals surface area contributed by atoms with Gasteiger partial charge in [-0.2, -0.15) is 0 Å². The van der Waals surface area contributed by atoms with Crippen molar-refractivity contribution in [2.45, 2.75) is 78.0 Å². The Bertz CT molecular complexity index is 865. The highest BCUT2D eigenvalue weighted by molar-refractivity contribution is 6.31. The van der Waals surface area contributed by atoms with Crippen LogP contribution in [-0.2, 0) is 20.9 Å². The van der Waals surface area contributed by atoms with Crippen LogP contribution in [0.2, 0.25) is 5.02 Å². The summed E-state index contributed by atoms with van der Waals surface area (Å²) in [5.41, 5.74) is 2.94. The van der Waals surface area contributed by atoms with Crippen molar-refractivity contribution in [3.8, 4) is 0 Å². The number of halogens is 1. The average Bonchev–Trinajstić information content (AvgIpc) is 3.50. The van der Waals surface area contributed by atoms with E-state index in [9.17, 15) is 9.59 Å². The molecule has 1 N–H and O–H groups in total. The van der Waals surface area contributed by atoms with Crippen LogP contribution >= 0.6 is 11.6 Å². The second-order valence-electron chi connectivity index (χ2n) is 10.2. The molecule has 0 radical (unpaired) electrons. The predicted molar refractivity (Wildman–Crippen MR) is 131 cm³/mol. The van der Waals surface area contributed by atoms with Gasteiger partial charge in [-0.15, -0.1) is 0 Å². The maximum Gasteiger partial charge on any atom is 0.229 e. The lowest BCUT2D eigenvalue weighted by Crippen LogP contribution is -2.54. The third-order valence-corrected chi connectivity index (χ3v) is 7.99. The summed E-state index contributed by atoms with van der Waals surface area (Å²) in [6.07, 6.45) is 6.41. The van der Waals surface area contributed by atoms with Crippen LogP contribution in [0.4, 0.5) is 5.69 Å². The number of carbonyl (C=O) groups excluding carboxylic acids is 2. The minimum atomic E-state index is -0.194.